The lowest BCUT2D eigenvalue weighted by molar-refractivity contribution is 0.0602. The summed E-state index contributed by atoms with van der Waals surface area (Å²) < 4.78 is 4.71. The van der Waals surface area contributed by atoms with Crippen molar-refractivity contribution in [2.24, 2.45) is 0 Å². The third kappa shape index (κ3) is 4.23. The smallest absolute Gasteiger partial charge is 0.339 e. The van der Waals surface area contributed by atoms with Gasteiger partial charge in [0.2, 0.25) is 0 Å². The van der Waals surface area contributed by atoms with E-state index in [-0.39, 0.29) is 6.03 Å². The fourth-order valence-electron chi connectivity index (χ4n) is 2.04. The number of nitrogens with zero attached hydrogens (tertiary/aromatic N) is 1. The number of rotatable bonds is 4. The minimum Gasteiger partial charge on any atom is -0.465 e. The Morgan fingerprint density at radius 2 is 1.78 bits per heavy atom. The lowest BCUT2D eigenvalue weighted by Crippen LogP contribution is -2.31. The van der Waals surface area contributed by atoms with Crippen molar-refractivity contribution < 1.29 is 14.3 Å². The van der Waals surface area contributed by atoms with Crippen molar-refractivity contribution >= 4 is 29.3 Å². The third-order valence-corrected chi connectivity index (χ3v) is 3.65. The summed E-state index contributed by atoms with van der Waals surface area (Å²) in [6.45, 7) is 0.353. The quantitative estimate of drug-likeness (QED) is 0.866. The number of urea groups is 1. The van der Waals surface area contributed by atoms with E-state index in [9.17, 15) is 9.59 Å². The van der Waals surface area contributed by atoms with Crippen LogP contribution >= 0.6 is 11.6 Å². The van der Waals surface area contributed by atoms with Gasteiger partial charge in [-0.05, 0) is 23.8 Å². The number of ether oxygens (including phenoxy) is 1. The number of nitrogens with one attached hydrogen (secondary N) is 1. The van der Waals surface area contributed by atoms with Crippen molar-refractivity contribution in [1.82, 2.24) is 4.90 Å². The van der Waals surface area contributed by atoms with Crippen molar-refractivity contribution in [2.75, 3.05) is 19.5 Å². The van der Waals surface area contributed by atoms with Crippen LogP contribution in [-0.2, 0) is 11.3 Å². The lowest BCUT2D eigenvalue weighted by Gasteiger charge is -2.19. The highest BCUT2D eigenvalue weighted by molar-refractivity contribution is 6.31. The Bertz CT molecular complexity index is 718. The van der Waals surface area contributed by atoms with Gasteiger partial charge in [0, 0.05) is 18.6 Å². The molecule has 0 aliphatic rings. The van der Waals surface area contributed by atoms with Crippen molar-refractivity contribution in [3.63, 3.8) is 0 Å². The van der Waals surface area contributed by atoms with Crippen LogP contribution in [0.5, 0.6) is 0 Å². The zero-order chi connectivity index (χ0) is 16.8. The van der Waals surface area contributed by atoms with Crippen LogP contribution in [0.3, 0.4) is 0 Å². The van der Waals surface area contributed by atoms with E-state index < -0.39 is 5.97 Å². The van der Waals surface area contributed by atoms with Gasteiger partial charge in [0.15, 0.2) is 0 Å². The molecule has 0 saturated carbocycles. The monoisotopic (exact) mass is 332 g/mol. The van der Waals surface area contributed by atoms with E-state index in [1.807, 2.05) is 18.2 Å². The van der Waals surface area contributed by atoms with Crippen LogP contribution in [-0.4, -0.2) is 31.1 Å². The number of esters is 1. The van der Waals surface area contributed by atoms with Gasteiger partial charge >= 0.3 is 12.0 Å². The van der Waals surface area contributed by atoms with Crippen molar-refractivity contribution in [3.05, 3.63) is 64.7 Å². The van der Waals surface area contributed by atoms with Gasteiger partial charge < -0.3 is 15.0 Å². The summed E-state index contributed by atoms with van der Waals surface area (Å²) in [4.78, 5) is 25.5. The molecular formula is C17H17ClN2O3. The molecule has 0 radical (unpaired) electrons. The van der Waals surface area contributed by atoms with E-state index in [2.05, 4.69) is 5.32 Å². The van der Waals surface area contributed by atoms with Crippen LogP contribution < -0.4 is 5.32 Å². The molecule has 23 heavy (non-hydrogen) atoms. The first-order valence-corrected chi connectivity index (χ1v) is 7.33. The van der Waals surface area contributed by atoms with E-state index in [1.165, 1.54) is 12.0 Å². The largest absolute Gasteiger partial charge is 0.465 e. The van der Waals surface area contributed by atoms with E-state index in [1.54, 1.807) is 37.4 Å². The SMILES string of the molecule is COC(=O)c1ccccc1NC(=O)N(C)Cc1ccccc1Cl. The lowest BCUT2D eigenvalue weighted by atomic mass is 10.2. The normalized spacial score (nSPS) is 10.0. The molecule has 0 unspecified atom stereocenters. The molecule has 0 atom stereocenters. The van der Waals surface area contributed by atoms with Crippen LogP contribution in [0, 0.1) is 0 Å². The first-order chi connectivity index (χ1) is 11.0. The molecule has 2 aromatic carbocycles. The highest BCUT2D eigenvalue weighted by Gasteiger charge is 2.16. The Morgan fingerprint density at radius 3 is 2.48 bits per heavy atom. The summed E-state index contributed by atoms with van der Waals surface area (Å²) in [6, 6.07) is 13.7. The maximum atomic E-state index is 12.3. The minimum atomic E-state index is -0.505. The molecule has 0 heterocycles. The Labute approximate surface area is 139 Å². The number of hydrogen-bond donors (Lipinski definition) is 1. The average Bonchev–Trinajstić information content (AvgIpc) is 2.56. The molecule has 6 heteroatoms. The Morgan fingerprint density at radius 1 is 1.13 bits per heavy atom. The van der Waals surface area contributed by atoms with Gasteiger partial charge in [-0.25, -0.2) is 9.59 Å². The van der Waals surface area contributed by atoms with Crippen LogP contribution in [0.1, 0.15) is 15.9 Å². The zero-order valence-electron chi connectivity index (χ0n) is 12.9. The summed E-state index contributed by atoms with van der Waals surface area (Å²) >= 11 is 6.10. The van der Waals surface area contributed by atoms with Crippen LogP contribution in [0.4, 0.5) is 10.5 Å². The molecule has 0 saturated heterocycles. The molecular weight excluding hydrogens is 316 g/mol. The molecule has 0 aromatic heterocycles. The molecule has 0 bridgehead atoms. The number of amides is 2. The Balaban J connectivity index is 2.10. The fourth-order valence-corrected chi connectivity index (χ4v) is 2.24. The number of para-hydroxylation sites is 1. The number of carbonyl (C=O) groups is 2. The van der Waals surface area contributed by atoms with E-state index >= 15 is 0 Å². The number of methoxy groups -OCH3 is 1. The van der Waals surface area contributed by atoms with Gasteiger partial charge in [0.05, 0.1) is 18.4 Å². The molecule has 2 amide bonds. The minimum absolute atomic E-state index is 0.300. The van der Waals surface area contributed by atoms with Gasteiger partial charge in [-0.3, -0.25) is 0 Å². The van der Waals surface area contributed by atoms with Crippen LogP contribution in [0.25, 0.3) is 0 Å². The third-order valence-electron chi connectivity index (χ3n) is 3.29. The summed E-state index contributed by atoms with van der Waals surface area (Å²) in [5, 5.41) is 3.31. The molecule has 0 aliphatic carbocycles. The first kappa shape index (κ1) is 16.8. The second-order valence-corrected chi connectivity index (χ2v) is 5.32. The van der Waals surface area contributed by atoms with Gasteiger partial charge in [-0.1, -0.05) is 41.9 Å². The van der Waals surface area contributed by atoms with E-state index in [0.717, 1.165) is 5.56 Å². The molecule has 1 N–H and O–H groups in total. The summed E-state index contributed by atoms with van der Waals surface area (Å²) in [7, 11) is 2.95. The van der Waals surface area contributed by atoms with Gasteiger partial charge in [0.25, 0.3) is 0 Å². The summed E-state index contributed by atoms with van der Waals surface area (Å²) in [6.07, 6.45) is 0. The molecule has 0 aliphatic heterocycles. The first-order valence-electron chi connectivity index (χ1n) is 6.95. The van der Waals surface area contributed by atoms with E-state index in [0.29, 0.717) is 22.8 Å². The molecule has 120 valence electrons. The standard InChI is InChI=1S/C17H17ClN2O3/c1-20(11-12-7-3-5-9-14(12)18)17(22)19-15-10-6-4-8-13(15)16(21)23-2/h3-10H,11H2,1-2H3,(H,19,22). The molecule has 0 spiro atoms. The van der Waals surface area contributed by atoms with Crippen molar-refractivity contribution in [2.45, 2.75) is 6.54 Å². The second kappa shape index (κ2) is 7.65. The number of halogens is 1. The highest BCUT2D eigenvalue weighted by atomic mass is 35.5. The molecule has 2 rings (SSSR count). The van der Waals surface area contributed by atoms with E-state index in [4.69, 9.17) is 16.3 Å². The number of hydrogen-bond acceptors (Lipinski definition) is 3. The maximum absolute atomic E-state index is 12.3. The highest BCUT2D eigenvalue weighted by Crippen LogP contribution is 2.19. The molecule has 0 fully saturated rings. The zero-order valence-corrected chi connectivity index (χ0v) is 13.6. The Hall–Kier alpha value is -2.53. The number of anilines is 1. The fraction of sp³-hybridized carbons (Fsp3) is 0.176. The molecule has 5 nitrogen and oxygen atoms in total. The number of benzene rings is 2. The summed E-state index contributed by atoms with van der Waals surface area (Å²) in [5.74, 6) is -0.505. The van der Waals surface area contributed by atoms with Crippen molar-refractivity contribution in [1.29, 1.82) is 0 Å². The second-order valence-electron chi connectivity index (χ2n) is 4.91. The van der Waals surface area contributed by atoms with Crippen LogP contribution in [0.15, 0.2) is 48.5 Å². The van der Waals surface area contributed by atoms with Gasteiger partial charge in [0.1, 0.15) is 0 Å². The topological polar surface area (TPSA) is 58.6 Å². The maximum Gasteiger partial charge on any atom is 0.339 e. The number of carbonyl (C=O) groups excluding carboxylic acids is 2. The predicted octanol–water partition coefficient (Wildman–Crippen LogP) is 3.79. The van der Waals surface area contributed by atoms with Crippen LogP contribution in [0.2, 0.25) is 5.02 Å². The van der Waals surface area contributed by atoms with Crippen molar-refractivity contribution in [3.8, 4) is 0 Å². The molecule has 2 aromatic rings. The average molecular weight is 333 g/mol. The van der Waals surface area contributed by atoms with Gasteiger partial charge in [-0.15, -0.1) is 0 Å². The summed E-state index contributed by atoms with van der Waals surface area (Å²) in [5.41, 5.74) is 1.54. The Kier molecular flexibility index (Phi) is 5.60. The predicted molar refractivity (Wildman–Crippen MR) is 89.7 cm³/mol. The van der Waals surface area contributed by atoms with Gasteiger partial charge in [-0.2, -0.15) is 0 Å².